The molecular weight excluding hydrogens is 331 g/mol. The van der Waals surface area contributed by atoms with E-state index in [2.05, 4.69) is 11.9 Å². The Morgan fingerprint density at radius 2 is 2.00 bits per heavy atom. The minimum atomic E-state index is -0.388. The number of carbonyl (C=O) groups excluding carboxylic acids is 1. The van der Waals surface area contributed by atoms with Crippen molar-refractivity contribution in [2.45, 2.75) is 26.3 Å². The van der Waals surface area contributed by atoms with Gasteiger partial charge >= 0.3 is 6.09 Å². The summed E-state index contributed by atoms with van der Waals surface area (Å²) in [6, 6.07) is 14.5. The standard InChI is InChI=1S/C21H19FN2O2/c1-2-15-4-3-5-16-12-17-13-24(21(25)26-20(17)23-19(15)16)11-10-14-6-8-18(22)9-7-14/h3-9,12H,2,10-11,13H2,1H3. The Balaban J connectivity index is 1.56. The van der Waals surface area contributed by atoms with Gasteiger partial charge in [0.15, 0.2) is 0 Å². The van der Waals surface area contributed by atoms with Crippen LogP contribution in [0.5, 0.6) is 5.88 Å². The number of aromatic nitrogens is 1. The van der Waals surface area contributed by atoms with Crippen LogP contribution in [0.2, 0.25) is 0 Å². The van der Waals surface area contributed by atoms with Crippen LogP contribution in [-0.2, 0) is 19.4 Å². The number of carbonyl (C=O) groups is 1. The van der Waals surface area contributed by atoms with Crippen molar-refractivity contribution in [3.05, 3.63) is 71.0 Å². The van der Waals surface area contributed by atoms with E-state index >= 15 is 0 Å². The molecule has 1 aliphatic heterocycles. The number of ether oxygens (including phenoxy) is 1. The van der Waals surface area contributed by atoms with Crippen LogP contribution in [0.3, 0.4) is 0 Å². The first kappa shape index (κ1) is 16.5. The fourth-order valence-corrected chi connectivity index (χ4v) is 3.28. The van der Waals surface area contributed by atoms with Crippen LogP contribution >= 0.6 is 0 Å². The van der Waals surface area contributed by atoms with E-state index in [4.69, 9.17) is 4.74 Å². The van der Waals surface area contributed by atoms with Gasteiger partial charge in [-0.2, -0.15) is 0 Å². The lowest BCUT2D eigenvalue weighted by Crippen LogP contribution is -2.38. The molecule has 0 aliphatic carbocycles. The Kier molecular flexibility index (Phi) is 4.29. The minimum absolute atomic E-state index is 0.260. The first-order chi connectivity index (χ1) is 12.6. The zero-order valence-corrected chi connectivity index (χ0v) is 14.5. The van der Waals surface area contributed by atoms with Crippen molar-refractivity contribution < 1.29 is 13.9 Å². The molecule has 1 aromatic heterocycles. The van der Waals surface area contributed by atoms with Crippen LogP contribution in [0.25, 0.3) is 10.9 Å². The number of rotatable bonds is 4. The van der Waals surface area contributed by atoms with E-state index < -0.39 is 0 Å². The lowest BCUT2D eigenvalue weighted by atomic mass is 10.1. The molecule has 0 saturated heterocycles. The maximum absolute atomic E-state index is 13.0. The molecule has 0 fully saturated rings. The van der Waals surface area contributed by atoms with E-state index in [1.807, 2.05) is 24.3 Å². The SMILES string of the molecule is CCc1cccc2cc3c(nc12)OC(=O)N(CCc1ccc(F)cc1)C3. The maximum Gasteiger partial charge on any atom is 0.416 e. The number of para-hydroxylation sites is 1. The van der Waals surface area contributed by atoms with E-state index in [1.54, 1.807) is 17.0 Å². The number of benzene rings is 2. The van der Waals surface area contributed by atoms with Gasteiger partial charge in [0.2, 0.25) is 5.88 Å². The third-order valence-corrected chi connectivity index (χ3v) is 4.74. The Hall–Kier alpha value is -2.95. The molecule has 5 heteroatoms. The molecule has 4 rings (SSSR count). The Labute approximate surface area is 151 Å². The van der Waals surface area contributed by atoms with Gasteiger partial charge in [-0.3, -0.25) is 0 Å². The first-order valence-electron chi connectivity index (χ1n) is 8.77. The summed E-state index contributed by atoms with van der Waals surface area (Å²) >= 11 is 0. The largest absolute Gasteiger partial charge is 0.416 e. The van der Waals surface area contributed by atoms with Crippen molar-refractivity contribution in [3.63, 3.8) is 0 Å². The average molecular weight is 350 g/mol. The van der Waals surface area contributed by atoms with E-state index in [1.165, 1.54) is 12.1 Å². The second-order valence-electron chi connectivity index (χ2n) is 6.46. The molecule has 0 unspecified atom stereocenters. The molecule has 2 heterocycles. The van der Waals surface area contributed by atoms with Gasteiger partial charge in [0, 0.05) is 17.5 Å². The van der Waals surface area contributed by atoms with E-state index in [0.717, 1.165) is 34.0 Å². The topological polar surface area (TPSA) is 42.4 Å². The predicted molar refractivity (Wildman–Crippen MR) is 97.7 cm³/mol. The van der Waals surface area contributed by atoms with Gasteiger partial charge in [-0.25, -0.2) is 14.2 Å². The minimum Gasteiger partial charge on any atom is -0.391 e. The lowest BCUT2D eigenvalue weighted by Gasteiger charge is -2.27. The fourth-order valence-electron chi connectivity index (χ4n) is 3.28. The van der Waals surface area contributed by atoms with Crippen LogP contribution in [0.1, 0.15) is 23.6 Å². The number of hydrogen-bond acceptors (Lipinski definition) is 3. The number of halogens is 1. The number of fused-ring (bicyclic) bond motifs is 2. The van der Waals surface area contributed by atoms with Gasteiger partial charge in [0.05, 0.1) is 12.1 Å². The number of aryl methyl sites for hydroxylation is 1. The molecule has 0 bridgehead atoms. The maximum atomic E-state index is 13.0. The Morgan fingerprint density at radius 1 is 1.19 bits per heavy atom. The molecule has 1 aliphatic rings. The van der Waals surface area contributed by atoms with E-state index in [9.17, 15) is 9.18 Å². The summed E-state index contributed by atoms with van der Waals surface area (Å²) in [4.78, 5) is 18.6. The molecule has 0 radical (unpaired) electrons. The van der Waals surface area contributed by atoms with E-state index in [-0.39, 0.29) is 11.9 Å². The van der Waals surface area contributed by atoms with Crippen molar-refractivity contribution in [1.29, 1.82) is 0 Å². The van der Waals surface area contributed by atoms with Crippen LogP contribution in [-0.4, -0.2) is 22.5 Å². The van der Waals surface area contributed by atoms with Gasteiger partial charge in [0.25, 0.3) is 0 Å². The predicted octanol–water partition coefficient (Wildman–Crippen LogP) is 4.49. The second kappa shape index (κ2) is 6.75. The highest BCUT2D eigenvalue weighted by molar-refractivity contribution is 5.84. The van der Waals surface area contributed by atoms with Crippen LogP contribution in [0.15, 0.2) is 48.5 Å². The molecule has 3 aromatic rings. The third-order valence-electron chi connectivity index (χ3n) is 4.74. The molecule has 2 aromatic carbocycles. The summed E-state index contributed by atoms with van der Waals surface area (Å²) in [6.07, 6.45) is 1.13. The normalized spacial score (nSPS) is 13.6. The zero-order valence-electron chi connectivity index (χ0n) is 14.5. The number of amides is 1. The van der Waals surface area contributed by atoms with Crippen molar-refractivity contribution in [2.75, 3.05) is 6.54 Å². The zero-order chi connectivity index (χ0) is 18.1. The number of pyridine rings is 1. The van der Waals surface area contributed by atoms with Crippen LogP contribution < -0.4 is 4.74 Å². The fraction of sp³-hybridized carbons (Fsp3) is 0.238. The average Bonchev–Trinajstić information content (AvgIpc) is 2.65. The first-order valence-corrected chi connectivity index (χ1v) is 8.77. The van der Waals surface area contributed by atoms with Crippen LogP contribution in [0.4, 0.5) is 9.18 Å². The van der Waals surface area contributed by atoms with Crippen molar-refractivity contribution >= 4 is 17.0 Å². The summed E-state index contributed by atoms with van der Waals surface area (Å²) < 4.78 is 18.5. The van der Waals surface area contributed by atoms with E-state index in [0.29, 0.717) is 25.4 Å². The molecule has 26 heavy (non-hydrogen) atoms. The highest BCUT2D eigenvalue weighted by Crippen LogP contribution is 2.29. The van der Waals surface area contributed by atoms with Gasteiger partial charge in [0.1, 0.15) is 5.82 Å². The van der Waals surface area contributed by atoms with Gasteiger partial charge in [-0.05, 0) is 42.2 Å². The quantitative estimate of drug-likeness (QED) is 0.696. The molecule has 0 spiro atoms. The van der Waals surface area contributed by atoms with Crippen LogP contribution in [0, 0.1) is 5.82 Å². The van der Waals surface area contributed by atoms with Gasteiger partial charge < -0.3 is 9.64 Å². The molecule has 1 amide bonds. The summed E-state index contributed by atoms with van der Waals surface area (Å²) in [5, 5.41) is 1.06. The Morgan fingerprint density at radius 3 is 2.77 bits per heavy atom. The summed E-state index contributed by atoms with van der Waals surface area (Å²) in [6.45, 7) is 3.06. The number of hydrogen-bond donors (Lipinski definition) is 0. The van der Waals surface area contributed by atoms with Gasteiger partial charge in [-0.15, -0.1) is 0 Å². The second-order valence-corrected chi connectivity index (χ2v) is 6.46. The van der Waals surface area contributed by atoms with Crippen molar-refractivity contribution in [3.8, 4) is 5.88 Å². The molecule has 0 N–H and O–H groups in total. The Bertz CT molecular complexity index is 970. The summed E-state index contributed by atoms with van der Waals surface area (Å²) in [7, 11) is 0. The molecule has 132 valence electrons. The summed E-state index contributed by atoms with van der Waals surface area (Å²) in [5.41, 5.74) is 3.92. The molecule has 4 nitrogen and oxygen atoms in total. The smallest absolute Gasteiger partial charge is 0.391 e. The highest BCUT2D eigenvalue weighted by atomic mass is 19.1. The van der Waals surface area contributed by atoms with Crippen molar-refractivity contribution in [1.82, 2.24) is 9.88 Å². The lowest BCUT2D eigenvalue weighted by molar-refractivity contribution is 0.137. The highest BCUT2D eigenvalue weighted by Gasteiger charge is 2.26. The summed E-state index contributed by atoms with van der Waals surface area (Å²) in [5.74, 6) is 0.144. The monoisotopic (exact) mass is 350 g/mol. The molecule has 0 atom stereocenters. The van der Waals surface area contributed by atoms with Gasteiger partial charge in [-0.1, -0.05) is 37.3 Å². The third kappa shape index (κ3) is 3.12. The molecule has 0 saturated carbocycles. The van der Waals surface area contributed by atoms with Crippen molar-refractivity contribution in [2.24, 2.45) is 0 Å². The molecular formula is C21H19FN2O2. The number of nitrogens with zero attached hydrogens (tertiary/aromatic N) is 2.